The molecule has 2 rings (SSSR count). The number of benzene rings is 2. The highest BCUT2D eigenvalue weighted by Gasteiger charge is 2.22. The summed E-state index contributed by atoms with van der Waals surface area (Å²) >= 11 is 2.08. The van der Waals surface area contributed by atoms with Crippen LogP contribution in [0, 0.1) is 3.57 Å². The van der Waals surface area contributed by atoms with Crippen LogP contribution < -0.4 is 5.32 Å². The lowest BCUT2D eigenvalue weighted by Gasteiger charge is -2.15. The fraction of sp³-hybridized carbons (Fsp3) is 0.125. The Labute approximate surface area is 141 Å². The largest absolute Gasteiger partial charge is 0.479 e. The van der Waals surface area contributed by atoms with Crippen molar-refractivity contribution in [2.24, 2.45) is 0 Å². The van der Waals surface area contributed by atoms with E-state index in [0.29, 0.717) is 5.56 Å². The number of carbonyl (C=O) groups excluding carboxylic acids is 1. The van der Waals surface area contributed by atoms with Crippen molar-refractivity contribution in [2.75, 3.05) is 0 Å². The number of ether oxygens (including phenoxy) is 1. The van der Waals surface area contributed by atoms with Crippen molar-refractivity contribution in [1.82, 2.24) is 5.32 Å². The number of amides is 1. The van der Waals surface area contributed by atoms with Gasteiger partial charge in [0, 0.05) is 3.57 Å². The van der Waals surface area contributed by atoms with E-state index in [0.717, 1.165) is 9.13 Å². The third-order valence-corrected chi connectivity index (χ3v) is 3.57. The van der Waals surface area contributed by atoms with Crippen molar-refractivity contribution in [1.29, 1.82) is 0 Å². The molecule has 2 N–H and O–H groups in total. The lowest BCUT2D eigenvalue weighted by atomic mass is 10.1. The molecule has 2 aromatic rings. The minimum Gasteiger partial charge on any atom is -0.479 e. The van der Waals surface area contributed by atoms with Gasteiger partial charge in [0.2, 0.25) is 0 Å². The molecular formula is C16H14INO4. The summed E-state index contributed by atoms with van der Waals surface area (Å²) in [4.78, 5) is 23.1. The van der Waals surface area contributed by atoms with Crippen molar-refractivity contribution in [3.63, 3.8) is 0 Å². The predicted octanol–water partition coefficient (Wildman–Crippen LogP) is 3.34. The standard InChI is InChI=1S/C16H14INO4/c17-13-8-4-7-12(9-13)14(15(19)20)18-16(21)22-10-11-5-2-1-3-6-11/h1-9,14H,10H2,(H,18,21)(H,19,20). The van der Waals surface area contributed by atoms with E-state index in [9.17, 15) is 14.7 Å². The van der Waals surface area contributed by atoms with E-state index in [4.69, 9.17) is 4.74 Å². The Morgan fingerprint density at radius 3 is 2.50 bits per heavy atom. The smallest absolute Gasteiger partial charge is 0.408 e. The Balaban J connectivity index is 1.99. The predicted molar refractivity (Wildman–Crippen MR) is 89.3 cm³/mol. The fourth-order valence-electron chi connectivity index (χ4n) is 1.86. The van der Waals surface area contributed by atoms with Crippen LogP contribution in [0.2, 0.25) is 0 Å². The molecule has 0 fully saturated rings. The Bertz CT molecular complexity index is 660. The van der Waals surface area contributed by atoms with E-state index in [-0.39, 0.29) is 6.61 Å². The molecule has 1 atom stereocenters. The number of carboxylic acid groups (broad SMARTS) is 1. The first-order valence-electron chi connectivity index (χ1n) is 6.52. The molecule has 2 aromatic carbocycles. The maximum atomic E-state index is 11.8. The lowest BCUT2D eigenvalue weighted by molar-refractivity contribution is -0.139. The van der Waals surface area contributed by atoms with E-state index in [1.165, 1.54) is 0 Å². The minimum atomic E-state index is -1.14. The second-order valence-corrected chi connectivity index (χ2v) is 5.78. The van der Waals surface area contributed by atoms with Gasteiger partial charge < -0.3 is 15.2 Å². The number of hydrogen-bond acceptors (Lipinski definition) is 3. The van der Waals surface area contributed by atoms with Gasteiger partial charge in [-0.05, 0) is 45.9 Å². The van der Waals surface area contributed by atoms with Gasteiger partial charge in [-0.1, -0.05) is 42.5 Å². The summed E-state index contributed by atoms with van der Waals surface area (Å²) in [5.74, 6) is -1.14. The van der Waals surface area contributed by atoms with Crippen molar-refractivity contribution >= 4 is 34.7 Å². The molecule has 0 spiro atoms. The topological polar surface area (TPSA) is 75.6 Å². The van der Waals surface area contributed by atoms with Gasteiger partial charge >= 0.3 is 12.1 Å². The second-order valence-electron chi connectivity index (χ2n) is 4.53. The van der Waals surface area contributed by atoms with Crippen molar-refractivity contribution in [2.45, 2.75) is 12.6 Å². The summed E-state index contributed by atoms with van der Waals surface area (Å²) in [6.45, 7) is 0.0886. The summed E-state index contributed by atoms with van der Waals surface area (Å²) in [7, 11) is 0. The van der Waals surface area contributed by atoms with Gasteiger partial charge in [0.05, 0.1) is 0 Å². The van der Waals surface area contributed by atoms with Crippen LogP contribution in [0.15, 0.2) is 54.6 Å². The van der Waals surface area contributed by atoms with E-state index >= 15 is 0 Å². The molecule has 0 aliphatic heterocycles. The van der Waals surface area contributed by atoms with Gasteiger partial charge in [-0.3, -0.25) is 0 Å². The number of carboxylic acids is 1. The van der Waals surface area contributed by atoms with Crippen LogP contribution in [0.1, 0.15) is 17.2 Å². The van der Waals surface area contributed by atoms with Crippen LogP contribution in [-0.2, 0) is 16.1 Å². The van der Waals surface area contributed by atoms with Crippen molar-refractivity contribution in [3.05, 3.63) is 69.3 Å². The third-order valence-electron chi connectivity index (χ3n) is 2.90. The molecule has 6 heteroatoms. The molecule has 0 bridgehead atoms. The number of halogens is 1. The van der Waals surface area contributed by atoms with Crippen LogP contribution in [-0.4, -0.2) is 17.2 Å². The van der Waals surface area contributed by atoms with Gasteiger partial charge in [-0.25, -0.2) is 9.59 Å². The molecule has 0 radical (unpaired) electrons. The molecule has 0 aliphatic carbocycles. The lowest BCUT2D eigenvalue weighted by Crippen LogP contribution is -2.34. The first-order chi connectivity index (χ1) is 10.6. The van der Waals surface area contributed by atoms with Gasteiger partial charge in [0.15, 0.2) is 6.04 Å². The van der Waals surface area contributed by atoms with Crippen molar-refractivity contribution < 1.29 is 19.4 Å². The molecule has 0 aromatic heterocycles. The zero-order valence-electron chi connectivity index (χ0n) is 11.5. The van der Waals surface area contributed by atoms with E-state index in [1.54, 1.807) is 18.2 Å². The average molecular weight is 411 g/mol. The SMILES string of the molecule is O=C(NC(C(=O)O)c1cccc(I)c1)OCc1ccccc1. The number of nitrogens with one attached hydrogen (secondary N) is 1. The summed E-state index contributed by atoms with van der Waals surface area (Å²) in [6, 6.07) is 15.0. The van der Waals surface area contributed by atoms with Gasteiger partial charge in [-0.15, -0.1) is 0 Å². The van der Waals surface area contributed by atoms with Crippen LogP contribution in [0.5, 0.6) is 0 Å². The summed E-state index contributed by atoms with van der Waals surface area (Å²) < 4.78 is 5.93. The molecule has 0 heterocycles. The number of alkyl carbamates (subject to hydrolysis) is 1. The second kappa shape index (κ2) is 7.79. The van der Waals surface area contributed by atoms with Crippen molar-refractivity contribution in [3.8, 4) is 0 Å². The van der Waals surface area contributed by atoms with E-state index in [2.05, 4.69) is 27.9 Å². The number of hydrogen-bond donors (Lipinski definition) is 2. The van der Waals surface area contributed by atoms with Crippen LogP contribution in [0.25, 0.3) is 0 Å². The van der Waals surface area contributed by atoms with Gasteiger partial charge in [-0.2, -0.15) is 0 Å². The molecule has 0 saturated heterocycles. The molecule has 5 nitrogen and oxygen atoms in total. The summed E-state index contributed by atoms with van der Waals surface area (Å²) in [5.41, 5.74) is 1.33. The Morgan fingerprint density at radius 1 is 1.14 bits per heavy atom. The monoisotopic (exact) mass is 411 g/mol. The molecule has 0 saturated carbocycles. The van der Waals surface area contributed by atoms with E-state index < -0.39 is 18.1 Å². The molecular weight excluding hydrogens is 397 g/mol. The maximum absolute atomic E-state index is 11.8. The van der Waals surface area contributed by atoms with Crippen LogP contribution in [0.3, 0.4) is 0 Å². The van der Waals surface area contributed by atoms with Crippen LogP contribution in [0.4, 0.5) is 4.79 Å². The number of carbonyl (C=O) groups is 2. The zero-order valence-corrected chi connectivity index (χ0v) is 13.7. The molecule has 22 heavy (non-hydrogen) atoms. The Kier molecular flexibility index (Phi) is 5.76. The molecule has 114 valence electrons. The normalized spacial score (nSPS) is 11.5. The first kappa shape index (κ1) is 16.3. The van der Waals surface area contributed by atoms with Gasteiger partial charge in [0.1, 0.15) is 6.61 Å². The van der Waals surface area contributed by atoms with Gasteiger partial charge in [0.25, 0.3) is 0 Å². The molecule has 0 aliphatic rings. The zero-order chi connectivity index (χ0) is 15.9. The highest BCUT2D eigenvalue weighted by Crippen LogP contribution is 2.16. The number of rotatable bonds is 5. The highest BCUT2D eigenvalue weighted by atomic mass is 127. The molecule has 1 unspecified atom stereocenters. The maximum Gasteiger partial charge on any atom is 0.408 e. The van der Waals surface area contributed by atoms with Crippen LogP contribution >= 0.6 is 22.6 Å². The average Bonchev–Trinajstić information content (AvgIpc) is 2.51. The summed E-state index contributed by atoms with van der Waals surface area (Å²) in [6.07, 6.45) is -0.768. The van der Waals surface area contributed by atoms with E-state index in [1.807, 2.05) is 36.4 Å². The number of aliphatic carboxylic acids is 1. The minimum absolute atomic E-state index is 0.0886. The quantitative estimate of drug-likeness (QED) is 0.741. The fourth-order valence-corrected chi connectivity index (χ4v) is 2.42. The molecule has 1 amide bonds. The Morgan fingerprint density at radius 2 is 1.86 bits per heavy atom. The third kappa shape index (κ3) is 4.73. The Hall–Kier alpha value is -2.09. The summed E-state index contributed by atoms with van der Waals surface area (Å²) in [5, 5.41) is 11.6. The highest BCUT2D eigenvalue weighted by molar-refractivity contribution is 14.1. The first-order valence-corrected chi connectivity index (χ1v) is 7.59.